The van der Waals surface area contributed by atoms with Crippen molar-refractivity contribution in [1.29, 1.82) is 0 Å². The summed E-state index contributed by atoms with van der Waals surface area (Å²) in [7, 11) is 0. The molecule has 4 unspecified atom stereocenters. The molecule has 10 heteroatoms. The molecule has 3 heterocycles. The van der Waals surface area contributed by atoms with Crippen molar-refractivity contribution >= 4 is 22.8 Å². The van der Waals surface area contributed by atoms with Crippen LogP contribution in [0.2, 0.25) is 0 Å². The van der Waals surface area contributed by atoms with E-state index in [0.717, 1.165) is 0 Å². The average Bonchev–Trinajstić information content (AvgIpc) is 3.02. The van der Waals surface area contributed by atoms with Gasteiger partial charge in [-0.2, -0.15) is 5.10 Å². The van der Waals surface area contributed by atoms with Crippen LogP contribution in [0.1, 0.15) is 6.23 Å². The molecular weight excluding hydrogens is 300 g/mol. The lowest BCUT2D eigenvalue weighted by Gasteiger charge is -2.15. The number of aliphatic hydroxyl groups excluding tert-OH is 3. The van der Waals surface area contributed by atoms with Gasteiger partial charge in [0.25, 0.3) is 5.56 Å². The molecule has 1 aliphatic heterocycles. The number of aromatic nitrogens is 4. The summed E-state index contributed by atoms with van der Waals surface area (Å²) in [6.07, 6.45) is -1.35. The maximum Gasteiger partial charge on any atom is 0.262 e. The van der Waals surface area contributed by atoms with Gasteiger partial charge in [-0.1, -0.05) is 11.8 Å². The molecule has 2 aromatic rings. The van der Waals surface area contributed by atoms with Crippen LogP contribution in [0.4, 0.5) is 0 Å². The van der Waals surface area contributed by atoms with Crippen molar-refractivity contribution in [3.05, 3.63) is 16.6 Å². The van der Waals surface area contributed by atoms with Crippen LogP contribution in [-0.4, -0.2) is 66.2 Å². The highest BCUT2D eigenvalue weighted by Gasteiger charge is 2.44. The Morgan fingerprint density at radius 1 is 1.48 bits per heavy atom. The highest BCUT2D eigenvalue weighted by atomic mass is 32.2. The van der Waals surface area contributed by atoms with Crippen LogP contribution >= 0.6 is 11.8 Å². The van der Waals surface area contributed by atoms with Crippen LogP contribution in [0.5, 0.6) is 0 Å². The Hall–Kier alpha value is -1.46. The van der Waals surface area contributed by atoms with Crippen molar-refractivity contribution < 1.29 is 20.1 Å². The first-order valence-electron chi connectivity index (χ1n) is 6.20. The molecule has 0 aliphatic carbocycles. The van der Waals surface area contributed by atoms with Gasteiger partial charge in [-0.3, -0.25) is 4.79 Å². The molecule has 3 rings (SSSR count). The number of nitrogens with one attached hydrogen (secondary N) is 1. The summed E-state index contributed by atoms with van der Waals surface area (Å²) >= 11 is 1.26. The molecule has 4 N–H and O–H groups in total. The number of hydrogen-bond donors (Lipinski definition) is 4. The van der Waals surface area contributed by atoms with E-state index >= 15 is 0 Å². The molecule has 0 aromatic carbocycles. The fourth-order valence-corrected chi connectivity index (χ4v) is 2.65. The van der Waals surface area contributed by atoms with Gasteiger partial charge in [0.15, 0.2) is 17.0 Å². The summed E-state index contributed by atoms with van der Waals surface area (Å²) in [5.41, 5.74) is -0.0970. The molecule has 21 heavy (non-hydrogen) atoms. The minimum Gasteiger partial charge on any atom is -0.394 e. The standard InChI is InChI=1S/C11H14N4O5S/c1-21-11-13-8-4(9(19)14-11)2-12-15(8)10-7(18)6(17)5(3-16)20-10/h2,5-7,10,16-18H,3H2,1H3,(H,13,14,19). The van der Waals surface area contributed by atoms with E-state index in [4.69, 9.17) is 9.84 Å². The van der Waals surface area contributed by atoms with Crippen LogP contribution in [0.3, 0.4) is 0 Å². The van der Waals surface area contributed by atoms with Crippen LogP contribution in [0.25, 0.3) is 11.0 Å². The van der Waals surface area contributed by atoms with E-state index in [-0.39, 0.29) is 16.6 Å². The zero-order valence-electron chi connectivity index (χ0n) is 11.0. The number of thioether (sulfide) groups is 1. The third kappa shape index (κ3) is 2.24. The number of rotatable bonds is 3. The maximum atomic E-state index is 11.9. The predicted octanol–water partition coefficient (Wildman–Crippen LogP) is -1.55. The lowest BCUT2D eigenvalue weighted by atomic mass is 10.1. The predicted molar refractivity (Wildman–Crippen MR) is 72.9 cm³/mol. The van der Waals surface area contributed by atoms with Crippen LogP contribution in [0, 0.1) is 0 Å². The summed E-state index contributed by atoms with van der Waals surface area (Å²) in [5, 5.41) is 33.6. The molecule has 4 atom stereocenters. The van der Waals surface area contributed by atoms with Crippen molar-refractivity contribution in [2.24, 2.45) is 0 Å². The number of nitrogens with zero attached hydrogens (tertiary/aromatic N) is 3. The van der Waals surface area contributed by atoms with E-state index in [0.29, 0.717) is 5.16 Å². The Labute approximate surface area is 122 Å². The van der Waals surface area contributed by atoms with Crippen molar-refractivity contribution in [3.8, 4) is 0 Å². The molecule has 0 spiro atoms. The second-order valence-corrected chi connectivity index (χ2v) is 5.43. The molecule has 114 valence electrons. The minimum atomic E-state index is -1.27. The molecule has 9 nitrogen and oxygen atoms in total. The second kappa shape index (κ2) is 5.39. The number of H-pyrrole nitrogens is 1. The summed E-state index contributed by atoms with van der Waals surface area (Å²) in [4.78, 5) is 18.7. The molecule has 0 radical (unpaired) electrons. The number of aromatic amines is 1. The average molecular weight is 314 g/mol. The van der Waals surface area contributed by atoms with E-state index in [1.807, 2.05) is 0 Å². The molecule has 0 saturated carbocycles. The SMILES string of the molecule is CSc1nc2c(cnn2C2OC(CO)C(O)C2O)c(=O)[nH]1. The normalized spacial score (nSPS) is 29.3. The molecule has 1 saturated heterocycles. The molecule has 0 amide bonds. The minimum absolute atomic E-state index is 0.248. The summed E-state index contributed by atoms with van der Waals surface area (Å²) in [5.74, 6) is 0. The van der Waals surface area contributed by atoms with Crippen molar-refractivity contribution in [1.82, 2.24) is 19.7 Å². The fourth-order valence-electron chi connectivity index (χ4n) is 2.28. The van der Waals surface area contributed by atoms with Crippen molar-refractivity contribution in [2.45, 2.75) is 29.7 Å². The Kier molecular flexibility index (Phi) is 3.71. The number of hydrogen-bond acceptors (Lipinski definition) is 8. The first-order valence-corrected chi connectivity index (χ1v) is 7.43. The van der Waals surface area contributed by atoms with Crippen LogP contribution < -0.4 is 5.56 Å². The van der Waals surface area contributed by atoms with Gasteiger partial charge in [-0.15, -0.1) is 0 Å². The van der Waals surface area contributed by atoms with Gasteiger partial charge >= 0.3 is 0 Å². The monoisotopic (exact) mass is 314 g/mol. The fraction of sp³-hybridized carbons (Fsp3) is 0.545. The van der Waals surface area contributed by atoms with Gasteiger partial charge < -0.3 is 25.0 Å². The first kappa shape index (κ1) is 14.5. The number of aliphatic hydroxyl groups is 3. The smallest absolute Gasteiger partial charge is 0.262 e. The first-order chi connectivity index (χ1) is 10.1. The largest absolute Gasteiger partial charge is 0.394 e. The molecular formula is C11H14N4O5S. The summed E-state index contributed by atoms with van der Waals surface area (Å²) in [6, 6.07) is 0. The van der Waals surface area contributed by atoms with Gasteiger partial charge in [-0.05, 0) is 6.26 Å². The zero-order chi connectivity index (χ0) is 15.1. The van der Waals surface area contributed by atoms with E-state index < -0.39 is 31.1 Å². The number of ether oxygens (including phenoxy) is 1. The lowest BCUT2D eigenvalue weighted by Crippen LogP contribution is -2.33. The topological polar surface area (TPSA) is 133 Å². The molecule has 1 fully saturated rings. The summed E-state index contributed by atoms with van der Waals surface area (Å²) < 4.78 is 6.64. The van der Waals surface area contributed by atoms with Crippen molar-refractivity contribution in [3.63, 3.8) is 0 Å². The third-order valence-corrected chi connectivity index (χ3v) is 3.97. The van der Waals surface area contributed by atoms with Crippen LogP contribution in [-0.2, 0) is 4.74 Å². The zero-order valence-corrected chi connectivity index (χ0v) is 11.8. The van der Waals surface area contributed by atoms with E-state index in [9.17, 15) is 15.0 Å². The highest BCUT2D eigenvalue weighted by molar-refractivity contribution is 7.98. The van der Waals surface area contributed by atoms with Gasteiger partial charge in [0, 0.05) is 0 Å². The van der Waals surface area contributed by atoms with Gasteiger partial charge in [0.2, 0.25) is 0 Å². The molecule has 2 aromatic heterocycles. The van der Waals surface area contributed by atoms with Crippen LogP contribution in [0.15, 0.2) is 16.1 Å². The Balaban J connectivity index is 2.09. The van der Waals surface area contributed by atoms with Gasteiger partial charge in [-0.25, -0.2) is 9.67 Å². The maximum absolute atomic E-state index is 11.9. The van der Waals surface area contributed by atoms with E-state index in [2.05, 4.69) is 15.1 Å². The Morgan fingerprint density at radius 2 is 2.24 bits per heavy atom. The molecule has 1 aliphatic rings. The Morgan fingerprint density at radius 3 is 2.86 bits per heavy atom. The Bertz CT molecular complexity index is 716. The highest BCUT2D eigenvalue weighted by Crippen LogP contribution is 2.30. The quantitative estimate of drug-likeness (QED) is 0.395. The molecule has 0 bridgehead atoms. The third-order valence-electron chi connectivity index (χ3n) is 3.39. The van der Waals surface area contributed by atoms with Gasteiger partial charge in [0.1, 0.15) is 23.7 Å². The summed E-state index contributed by atoms with van der Waals surface area (Å²) in [6.45, 7) is -0.433. The number of fused-ring (bicyclic) bond motifs is 1. The second-order valence-electron chi connectivity index (χ2n) is 4.63. The van der Waals surface area contributed by atoms with Crippen molar-refractivity contribution in [2.75, 3.05) is 12.9 Å². The lowest BCUT2D eigenvalue weighted by molar-refractivity contribution is -0.0566. The van der Waals surface area contributed by atoms with E-state index in [1.165, 1.54) is 22.6 Å². The van der Waals surface area contributed by atoms with E-state index in [1.54, 1.807) is 6.26 Å². The van der Waals surface area contributed by atoms with Gasteiger partial charge in [0.05, 0.1) is 12.8 Å².